The van der Waals surface area contributed by atoms with Crippen LogP contribution in [0.2, 0.25) is 0 Å². The molecule has 0 heterocycles. The molecule has 3 aromatic carbocycles. The molecule has 0 radical (unpaired) electrons. The second kappa shape index (κ2) is 5.37. The van der Waals surface area contributed by atoms with E-state index in [1.54, 1.807) is 6.07 Å². The van der Waals surface area contributed by atoms with Gasteiger partial charge in [-0.2, -0.15) is 0 Å². The first-order valence-corrected chi connectivity index (χ1v) is 6.70. The number of hydrogen-bond acceptors (Lipinski definition) is 2. The Labute approximate surface area is 122 Å². The van der Waals surface area contributed by atoms with E-state index in [0.29, 0.717) is 5.56 Å². The van der Waals surface area contributed by atoms with Crippen molar-refractivity contribution in [3.05, 3.63) is 77.6 Å². The van der Waals surface area contributed by atoms with E-state index in [1.807, 2.05) is 42.5 Å². The first-order chi connectivity index (χ1) is 10.1. The van der Waals surface area contributed by atoms with Gasteiger partial charge in [-0.05, 0) is 34.5 Å². The normalized spacial score (nSPS) is 10.7. The first kappa shape index (κ1) is 13.3. The Morgan fingerprint density at radius 3 is 2.57 bits per heavy atom. The molecule has 0 unspecified atom stereocenters. The number of fused-ring (bicyclic) bond motifs is 1. The number of Topliss-reactive ketones (excluding diaryl/α,β-unsaturated/α-hetero) is 1. The maximum Gasteiger partial charge on any atom is 0.167 e. The molecule has 104 valence electrons. The highest BCUT2D eigenvalue weighted by molar-refractivity contribution is 6.00. The van der Waals surface area contributed by atoms with Crippen molar-refractivity contribution < 1.29 is 9.18 Å². The Balaban J connectivity index is 1.94. The lowest BCUT2D eigenvalue weighted by Crippen LogP contribution is -2.05. The number of anilines is 1. The molecule has 0 saturated heterocycles. The largest absolute Gasteiger partial charge is 0.396 e. The van der Waals surface area contributed by atoms with Crippen molar-refractivity contribution in [3.8, 4) is 0 Å². The molecule has 0 aliphatic rings. The molecule has 0 aliphatic carbocycles. The van der Waals surface area contributed by atoms with Gasteiger partial charge in [-0.25, -0.2) is 4.39 Å². The number of ketones is 1. The van der Waals surface area contributed by atoms with Crippen molar-refractivity contribution in [2.45, 2.75) is 6.42 Å². The van der Waals surface area contributed by atoms with Crippen LogP contribution in [0.5, 0.6) is 0 Å². The highest BCUT2D eigenvalue weighted by Gasteiger charge is 2.11. The monoisotopic (exact) mass is 279 g/mol. The van der Waals surface area contributed by atoms with E-state index >= 15 is 0 Å². The Kier molecular flexibility index (Phi) is 3.40. The number of hydrogen-bond donors (Lipinski definition) is 1. The van der Waals surface area contributed by atoms with E-state index < -0.39 is 5.82 Å². The summed E-state index contributed by atoms with van der Waals surface area (Å²) in [5.41, 5.74) is 6.76. The van der Waals surface area contributed by atoms with Crippen LogP contribution in [-0.2, 0) is 6.42 Å². The SMILES string of the molecule is Nc1ccc(C(=O)Cc2cccc3ccccc23)cc1F. The topological polar surface area (TPSA) is 43.1 Å². The van der Waals surface area contributed by atoms with Gasteiger partial charge >= 0.3 is 0 Å². The van der Waals surface area contributed by atoms with Crippen molar-refractivity contribution in [2.24, 2.45) is 0 Å². The molecule has 3 rings (SSSR count). The van der Waals surface area contributed by atoms with Gasteiger partial charge < -0.3 is 5.73 Å². The smallest absolute Gasteiger partial charge is 0.167 e. The van der Waals surface area contributed by atoms with E-state index in [9.17, 15) is 9.18 Å². The minimum atomic E-state index is -0.557. The lowest BCUT2D eigenvalue weighted by atomic mass is 9.97. The van der Waals surface area contributed by atoms with Gasteiger partial charge in [0, 0.05) is 12.0 Å². The summed E-state index contributed by atoms with van der Waals surface area (Å²) in [6.45, 7) is 0. The van der Waals surface area contributed by atoms with Crippen molar-refractivity contribution in [1.82, 2.24) is 0 Å². The molecular weight excluding hydrogens is 265 g/mol. The minimum absolute atomic E-state index is 0.0525. The number of halogens is 1. The number of nitrogens with two attached hydrogens (primary N) is 1. The maximum absolute atomic E-state index is 13.5. The van der Waals surface area contributed by atoms with Crippen LogP contribution in [0.4, 0.5) is 10.1 Å². The number of benzene rings is 3. The Morgan fingerprint density at radius 2 is 1.76 bits per heavy atom. The van der Waals surface area contributed by atoms with Crippen LogP contribution in [0.15, 0.2) is 60.7 Å². The van der Waals surface area contributed by atoms with Gasteiger partial charge in [-0.15, -0.1) is 0 Å². The average molecular weight is 279 g/mol. The summed E-state index contributed by atoms with van der Waals surface area (Å²) in [4.78, 5) is 12.3. The van der Waals surface area contributed by atoms with Gasteiger partial charge in [0.25, 0.3) is 0 Å². The Bertz CT molecular complexity index is 821. The van der Waals surface area contributed by atoms with Crippen LogP contribution in [0.25, 0.3) is 10.8 Å². The van der Waals surface area contributed by atoms with Gasteiger partial charge in [0.2, 0.25) is 0 Å². The van der Waals surface area contributed by atoms with Gasteiger partial charge in [0.1, 0.15) is 5.82 Å². The van der Waals surface area contributed by atoms with Crippen molar-refractivity contribution in [1.29, 1.82) is 0 Å². The average Bonchev–Trinajstić information content (AvgIpc) is 2.50. The van der Waals surface area contributed by atoms with Crippen LogP contribution in [0.1, 0.15) is 15.9 Å². The predicted octanol–water partition coefficient (Wildman–Crippen LogP) is 3.99. The summed E-state index contributed by atoms with van der Waals surface area (Å²) in [7, 11) is 0. The zero-order valence-corrected chi connectivity index (χ0v) is 11.3. The zero-order chi connectivity index (χ0) is 14.8. The number of rotatable bonds is 3. The fourth-order valence-corrected chi connectivity index (χ4v) is 2.42. The van der Waals surface area contributed by atoms with Gasteiger partial charge in [-0.3, -0.25) is 4.79 Å². The second-order valence-electron chi connectivity index (χ2n) is 4.97. The van der Waals surface area contributed by atoms with Gasteiger partial charge in [0.15, 0.2) is 5.78 Å². The highest BCUT2D eigenvalue weighted by atomic mass is 19.1. The molecule has 0 spiro atoms. The van der Waals surface area contributed by atoms with E-state index in [4.69, 9.17) is 5.73 Å². The summed E-state index contributed by atoms with van der Waals surface area (Å²) in [6, 6.07) is 17.9. The molecule has 2 N–H and O–H groups in total. The van der Waals surface area contributed by atoms with Gasteiger partial charge in [-0.1, -0.05) is 42.5 Å². The molecule has 3 heteroatoms. The van der Waals surface area contributed by atoms with Crippen molar-refractivity contribution in [2.75, 3.05) is 5.73 Å². The van der Waals surface area contributed by atoms with E-state index in [2.05, 4.69) is 0 Å². The van der Waals surface area contributed by atoms with E-state index in [0.717, 1.165) is 16.3 Å². The highest BCUT2D eigenvalue weighted by Crippen LogP contribution is 2.21. The predicted molar refractivity (Wildman–Crippen MR) is 82.8 cm³/mol. The van der Waals surface area contributed by atoms with Crippen LogP contribution in [-0.4, -0.2) is 5.78 Å². The third kappa shape index (κ3) is 2.63. The van der Waals surface area contributed by atoms with Crippen LogP contribution in [0.3, 0.4) is 0 Å². The molecule has 21 heavy (non-hydrogen) atoms. The zero-order valence-electron chi connectivity index (χ0n) is 11.3. The number of carbonyl (C=O) groups excluding carboxylic acids is 1. The minimum Gasteiger partial charge on any atom is -0.396 e. The fourth-order valence-electron chi connectivity index (χ4n) is 2.42. The number of nitrogen functional groups attached to an aromatic ring is 1. The first-order valence-electron chi connectivity index (χ1n) is 6.70. The van der Waals surface area contributed by atoms with Gasteiger partial charge in [0.05, 0.1) is 5.69 Å². The molecule has 0 saturated carbocycles. The van der Waals surface area contributed by atoms with Crippen molar-refractivity contribution in [3.63, 3.8) is 0 Å². The molecule has 3 aromatic rings. The molecule has 0 aliphatic heterocycles. The maximum atomic E-state index is 13.5. The summed E-state index contributed by atoms with van der Waals surface area (Å²) in [5.74, 6) is -0.677. The van der Waals surface area contributed by atoms with Crippen molar-refractivity contribution >= 4 is 22.2 Å². The van der Waals surface area contributed by atoms with Crippen LogP contribution in [0, 0.1) is 5.82 Å². The lowest BCUT2D eigenvalue weighted by molar-refractivity contribution is 0.0993. The molecule has 0 atom stereocenters. The van der Waals surface area contributed by atoms with E-state index in [1.165, 1.54) is 12.1 Å². The van der Waals surface area contributed by atoms with Crippen LogP contribution < -0.4 is 5.73 Å². The Morgan fingerprint density at radius 1 is 1.00 bits per heavy atom. The third-order valence-corrected chi connectivity index (χ3v) is 3.55. The summed E-state index contributed by atoms with van der Waals surface area (Å²) in [5, 5.41) is 2.13. The van der Waals surface area contributed by atoms with E-state index in [-0.39, 0.29) is 17.9 Å². The molecule has 0 bridgehead atoms. The molecule has 2 nitrogen and oxygen atoms in total. The quantitative estimate of drug-likeness (QED) is 0.582. The van der Waals surface area contributed by atoms with Crippen LogP contribution >= 0.6 is 0 Å². The standard InChI is InChI=1S/C18H14FNO/c19-16-10-14(8-9-17(16)20)18(21)11-13-6-3-5-12-4-1-2-7-15(12)13/h1-10H,11,20H2. The fraction of sp³-hybridized carbons (Fsp3) is 0.0556. The number of carbonyl (C=O) groups is 1. The third-order valence-electron chi connectivity index (χ3n) is 3.55. The molecule has 0 aromatic heterocycles. The molecular formula is C18H14FNO. The summed E-state index contributed by atoms with van der Waals surface area (Å²) < 4.78 is 13.5. The lowest BCUT2D eigenvalue weighted by Gasteiger charge is -2.07. The Hall–Kier alpha value is -2.68. The molecule has 0 fully saturated rings. The summed E-state index contributed by atoms with van der Waals surface area (Å²) in [6.07, 6.45) is 0.241. The second-order valence-corrected chi connectivity index (χ2v) is 4.97. The molecule has 0 amide bonds. The summed E-state index contributed by atoms with van der Waals surface area (Å²) >= 11 is 0.